The SMILES string of the molecule is Cc1ccccc1CN(C)C(=O)c1ccccc1OCC1CCCO1. The van der Waals surface area contributed by atoms with Crippen molar-refractivity contribution in [3.05, 3.63) is 65.2 Å². The molecule has 1 aliphatic rings. The second-order valence-corrected chi connectivity index (χ2v) is 6.53. The summed E-state index contributed by atoms with van der Waals surface area (Å²) in [4.78, 5) is 14.6. The average molecular weight is 339 g/mol. The first-order valence-corrected chi connectivity index (χ1v) is 8.78. The quantitative estimate of drug-likeness (QED) is 0.803. The molecule has 4 nitrogen and oxygen atoms in total. The van der Waals surface area contributed by atoms with Gasteiger partial charge in [-0.15, -0.1) is 0 Å². The van der Waals surface area contributed by atoms with E-state index in [2.05, 4.69) is 19.1 Å². The van der Waals surface area contributed by atoms with Gasteiger partial charge in [-0.1, -0.05) is 36.4 Å². The first kappa shape index (κ1) is 17.5. The molecule has 0 aliphatic carbocycles. The predicted molar refractivity (Wildman–Crippen MR) is 97.9 cm³/mol. The van der Waals surface area contributed by atoms with Crippen LogP contribution in [0.3, 0.4) is 0 Å². The highest BCUT2D eigenvalue weighted by Crippen LogP contribution is 2.22. The summed E-state index contributed by atoms with van der Waals surface area (Å²) in [6.45, 7) is 3.93. The lowest BCUT2D eigenvalue weighted by Gasteiger charge is -2.21. The van der Waals surface area contributed by atoms with Gasteiger partial charge in [0.15, 0.2) is 0 Å². The van der Waals surface area contributed by atoms with E-state index in [0.717, 1.165) is 25.0 Å². The molecule has 0 bridgehead atoms. The molecule has 3 rings (SSSR count). The molecule has 1 fully saturated rings. The van der Waals surface area contributed by atoms with Crippen LogP contribution in [0.2, 0.25) is 0 Å². The van der Waals surface area contributed by atoms with E-state index in [-0.39, 0.29) is 12.0 Å². The first-order valence-electron chi connectivity index (χ1n) is 8.78. The van der Waals surface area contributed by atoms with E-state index in [9.17, 15) is 4.79 Å². The number of para-hydroxylation sites is 1. The van der Waals surface area contributed by atoms with Gasteiger partial charge in [0.25, 0.3) is 5.91 Å². The third kappa shape index (κ3) is 4.40. The average Bonchev–Trinajstić information content (AvgIpc) is 3.15. The van der Waals surface area contributed by atoms with Crippen molar-refractivity contribution >= 4 is 5.91 Å². The predicted octanol–water partition coefficient (Wildman–Crippen LogP) is 3.83. The number of amides is 1. The van der Waals surface area contributed by atoms with E-state index in [1.165, 1.54) is 5.56 Å². The molecule has 2 aromatic carbocycles. The minimum absolute atomic E-state index is 0.0359. The van der Waals surface area contributed by atoms with Crippen molar-refractivity contribution in [3.8, 4) is 5.75 Å². The molecule has 1 heterocycles. The fourth-order valence-electron chi connectivity index (χ4n) is 3.05. The molecule has 2 aromatic rings. The minimum Gasteiger partial charge on any atom is -0.490 e. The Kier molecular flexibility index (Phi) is 5.71. The van der Waals surface area contributed by atoms with Crippen LogP contribution < -0.4 is 4.74 Å². The monoisotopic (exact) mass is 339 g/mol. The van der Waals surface area contributed by atoms with E-state index in [1.807, 2.05) is 43.4 Å². The smallest absolute Gasteiger partial charge is 0.257 e. The van der Waals surface area contributed by atoms with Crippen LogP contribution in [0.15, 0.2) is 48.5 Å². The number of rotatable bonds is 6. The number of carbonyl (C=O) groups is 1. The van der Waals surface area contributed by atoms with Gasteiger partial charge in [-0.25, -0.2) is 0 Å². The van der Waals surface area contributed by atoms with Gasteiger partial charge in [0.2, 0.25) is 0 Å². The lowest BCUT2D eigenvalue weighted by molar-refractivity contribution is 0.0656. The minimum atomic E-state index is -0.0359. The van der Waals surface area contributed by atoms with Crippen molar-refractivity contribution in [1.29, 1.82) is 0 Å². The first-order chi connectivity index (χ1) is 12.1. The van der Waals surface area contributed by atoms with Gasteiger partial charge in [-0.3, -0.25) is 4.79 Å². The molecule has 1 amide bonds. The van der Waals surface area contributed by atoms with Gasteiger partial charge in [0.1, 0.15) is 12.4 Å². The van der Waals surface area contributed by atoms with Gasteiger partial charge in [0.05, 0.1) is 11.7 Å². The second-order valence-electron chi connectivity index (χ2n) is 6.53. The van der Waals surface area contributed by atoms with Crippen LogP contribution in [0.5, 0.6) is 5.75 Å². The highest BCUT2D eigenvalue weighted by Gasteiger charge is 2.20. The van der Waals surface area contributed by atoms with Crippen molar-refractivity contribution in [3.63, 3.8) is 0 Å². The molecular weight excluding hydrogens is 314 g/mol. The standard InChI is InChI=1S/C21H25NO3/c1-16-8-3-4-9-17(16)14-22(2)21(23)19-11-5-6-12-20(19)25-15-18-10-7-13-24-18/h3-6,8-9,11-12,18H,7,10,13-15H2,1-2H3. The summed E-state index contributed by atoms with van der Waals surface area (Å²) < 4.78 is 11.5. The molecule has 1 unspecified atom stereocenters. The molecule has 25 heavy (non-hydrogen) atoms. The summed E-state index contributed by atoms with van der Waals surface area (Å²) in [5.41, 5.74) is 2.93. The summed E-state index contributed by atoms with van der Waals surface area (Å²) in [7, 11) is 1.83. The van der Waals surface area contributed by atoms with E-state index in [1.54, 1.807) is 4.90 Å². The summed E-state index contributed by atoms with van der Waals surface area (Å²) in [6, 6.07) is 15.6. The van der Waals surface area contributed by atoms with Crippen LogP contribution in [0.25, 0.3) is 0 Å². The molecule has 0 radical (unpaired) electrons. The van der Waals surface area contributed by atoms with Crippen molar-refractivity contribution in [2.24, 2.45) is 0 Å². The Morgan fingerprint density at radius 1 is 1.20 bits per heavy atom. The molecule has 4 heteroatoms. The molecule has 132 valence electrons. The van der Waals surface area contributed by atoms with Crippen molar-refractivity contribution in [2.75, 3.05) is 20.3 Å². The third-order valence-corrected chi connectivity index (χ3v) is 4.58. The number of ether oxygens (including phenoxy) is 2. The number of nitrogens with zero attached hydrogens (tertiary/aromatic N) is 1. The van der Waals surface area contributed by atoms with E-state index < -0.39 is 0 Å². The zero-order chi connectivity index (χ0) is 17.6. The highest BCUT2D eigenvalue weighted by molar-refractivity contribution is 5.96. The molecule has 0 saturated carbocycles. The fraction of sp³-hybridized carbons (Fsp3) is 0.381. The lowest BCUT2D eigenvalue weighted by Crippen LogP contribution is -2.27. The van der Waals surface area contributed by atoms with Gasteiger partial charge >= 0.3 is 0 Å². The van der Waals surface area contributed by atoms with E-state index >= 15 is 0 Å². The topological polar surface area (TPSA) is 38.8 Å². The van der Waals surface area contributed by atoms with E-state index in [0.29, 0.717) is 24.5 Å². The van der Waals surface area contributed by atoms with Crippen molar-refractivity contribution < 1.29 is 14.3 Å². The Morgan fingerprint density at radius 3 is 2.72 bits per heavy atom. The highest BCUT2D eigenvalue weighted by atomic mass is 16.5. The Bertz CT molecular complexity index is 723. The van der Waals surface area contributed by atoms with Gasteiger partial charge in [-0.2, -0.15) is 0 Å². The maximum Gasteiger partial charge on any atom is 0.257 e. The molecule has 1 atom stereocenters. The van der Waals surface area contributed by atoms with Gasteiger partial charge < -0.3 is 14.4 Å². The molecular formula is C21H25NO3. The van der Waals surface area contributed by atoms with Crippen molar-refractivity contribution in [2.45, 2.75) is 32.4 Å². The Morgan fingerprint density at radius 2 is 1.96 bits per heavy atom. The van der Waals surface area contributed by atoms with Crippen LogP contribution in [-0.2, 0) is 11.3 Å². The van der Waals surface area contributed by atoms with Crippen LogP contribution in [0.4, 0.5) is 0 Å². The maximum absolute atomic E-state index is 12.9. The Hall–Kier alpha value is -2.33. The zero-order valence-corrected chi connectivity index (χ0v) is 14.9. The van der Waals surface area contributed by atoms with E-state index in [4.69, 9.17) is 9.47 Å². The summed E-state index contributed by atoms with van der Waals surface area (Å²) >= 11 is 0. The number of hydrogen-bond donors (Lipinski definition) is 0. The number of aryl methyl sites for hydroxylation is 1. The maximum atomic E-state index is 12.9. The Labute approximate surface area is 149 Å². The number of benzene rings is 2. The normalized spacial score (nSPS) is 16.6. The Balaban J connectivity index is 1.69. The van der Waals surface area contributed by atoms with Crippen LogP contribution >= 0.6 is 0 Å². The zero-order valence-electron chi connectivity index (χ0n) is 14.9. The summed E-state index contributed by atoms with van der Waals surface area (Å²) in [6.07, 6.45) is 2.23. The van der Waals surface area contributed by atoms with Crippen LogP contribution in [-0.4, -0.2) is 37.2 Å². The lowest BCUT2D eigenvalue weighted by atomic mass is 10.1. The number of hydrogen-bond acceptors (Lipinski definition) is 3. The molecule has 0 N–H and O–H groups in total. The molecule has 0 aromatic heterocycles. The largest absolute Gasteiger partial charge is 0.490 e. The molecule has 0 spiro atoms. The second kappa shape index (κ2) is 8.17. The van der Waals surface area contributed by atoms with Gasteiger partial charge in [0, 0.05) is 20.2 Å². The fourth-order valence-corrected chi connectivity index (χ4v) is 3.05. The summed E-state index contributed by atoms with van der Waals surface area (Å²) in [5, 5.41) is 0. The summed E-state index contributed by atoms with van der Waals surface area (Å²) in [5.74, 6) is 0.589. The molecule has 1 aliphatic heterocycles. The van der Waals surface area contributed by atoms with Crippen LogP contribution in [0.1, 0.15) is 34.3 Å². The van der Waals surface area contributed by atoms with Crippen molar-refractivity contribution in [1.82, 2.24) is 4.90 Å². The van der Waals surface area contributed by atoms with Gasteiger partial charge in [-0.05, 0) is 43.0 Å². The van der Waals surface area contributed by atoms with Crippen LogP contribution in [0, 0.1) is 6.92 Å². The molecule has 1 saturated heterocycles. The third-order valence-electron chi connectivity index (χ3n) is 4.58. The number of carbonyl (C=O) groups excluding carboxylic acids is 1.